The molecule has 0 saturated heterocycles. The number of nitro benzene ring substituents is 1. The first-order valence-electron chi connectivity index (χ1n) is 5.69. The minimum absolute atomic E-state index is 0.189. The fourth-order valence-corrected chi connectivity index (χ4v) is 2.89. The monoisotopic (exact) mass is 301 g/mol. The summed E-state index contributed by atoms with van der Waals surface area (Å²) < 4.78 is 22.3. The first kappa shape index (κ1) is 16.1. The van der Waals surface area contributed by atoms with Gasteiger partial charge in [0.25, 0.3) is 5.69 Å². The van der Waals surface area contributed by atoms with Crippen molar-refractivity contribution in [3.05, 3.63) is 39.4 Å². The molecule has 110 valence electrons. The Balaban J connectivity index is 3.28. The van der Waals surface area contributed by atoms with Gasteiger partial charge in [0.15, 0.2) is 14.6 Å². The predicted octanol–water partition coefficient (Wildman–Crippen LogP) is 1.68. The topological polar surface area (TPSA) is 115 Å². The van der Waals surface area contributed by atoms with Crippen molar-refractivity contribution < 1.29 is 23.2 Å². The van der Waals surface area contributed by atoms with Crippen LogP contribution in [0.25, 0.3) is 0 Å². The minimum Gasteiger partial charge on any atom is -0.480 e. The number of aliphatic carboxylic acids is 1. The van der Waals surface area contributed by atoms with Gasteiger partial charge in [0.05, 0.1) is 10.7 Å². The maximum atomic E-state index is 12.1. The van der Waals surface area contributed by atoms with Crippen LogP contribution in [0.4, 0.5) is 5.69 Å². The van der Waals surface area contributed by atoms with Crippen molar-refractivity contribution in [2.45, 2.75) is 31.3 Å². The fraction of sp³-hybridized carbons (Fsp3) is 0.417. The molecule has 8 heteroatoms. The third-order valence-corrected chi connectivity index (χ3v) is 5.67. The summed E-state index contributed by atoms with van der Waals surface area (Å²) in [5.74, 6) is -2.01. The Labute approximate surface area is 116 Å². The number of carbonyl (C=O) groups is 1. The molecule has 0 unspecified atom stereocenters. The van der Waals surface area contributed by atoms with E-state index in [1.165, 1.54) is 25.1 Å². The summed E-state index contributed by atoms with van der Waals surface area (Å²) in [4.78, 5) is 21.2. The van der Waals surface area contributed by atoms with Gasteiger partial charge in [-0.3, -0.25) is 14.9 Å². The lowest BCUT2D eigenvalue weighted by molar-refractivity contribution is -0.385. The molecular weight excluding hydrogens is 286 g/mol. The van der Waals surface area contributed by atoms with Crippen LogP contribution in [-0.4, -0.2) is 29.2 Å². The average Bonchev–Trinajstić information content (AvgIpc) is 2.30. The van der Waals surface area contributed by atoms with Crippen LogP contribution in [0.1, 0.15) is 25.0 Å². The fourth-order valence-electron chi connectivity index (χ4n) is 1.54. The molecule has 20 heavy (non-hydrogen) atoms. The molecule has 0 amide bonds. The highest BCUT2D eigenvalue weighted by Crippen LogP contribution is 2.27. The molecule has 1 aromatic carbocycles. The number of nitrogens with zero attached hydrogens (tertiary/aromatic N) is 1. The second kappa shape index (κ2) is 5.20. The number of hydrogen-bond donors (Lipinski definition) is 1. The molecular formula is C12H15NO6S. The summed E-state index contributed by atoms with van der Waals surface area (Å²) in [5, 5.41) is 19.8. The van der Waals surface area contributed by atoms with E-state index in [9.17, 15) is 23.3 Å². The highest BCUT2D eigenvalue weighted by Gasteiger charge is 2.42. The lowest BCUT2D eigenvalue weighted by atomic mass is 10.1. The lowest BCUT2D eigenvalue weighted by Gasteiger charge is -2.20. The van der Waals surface area contributed by atoms with Crippen LogP contribution in [-0.2, 0) is 20.4 Å². The quantitative estimate of drug-likeness (QED) is 0.653. The molecule has 0 aliphatic heterocycles. The van der Waals surface area contributed by atoms with Crippen molar-refractivity contribution >= 4 is 21.5 Å². The maximum absolute atomic E-state index is 12.1. The minimum atomic E-state index is -4.00. The first-order chi connectivity index (χ1) is 9.00. The lowest BCUT2D eigenvalue weighted by Crippen LogP contribution is -2.41. The molecule has 0 aliphatic carbocycles. The normalized spacial score (nSPS) is 12.2. The summed E-state index contributed by atoms with van der Waals surface area (Å²) in [7, 11) is -4.00. The predicted molar refractivity (Wildman–Crippen MR) is 72.2 cm³/mol. The second-order valence-corrected chi connectivity index (χ2v) is 7.43. The van der Waals surface area contributed by atoms with Crippen LogP contribution in [0.2, 0.25) is 0 Å². The number of rotatable bonds is 5. The van der Waals surface area contributed by atoms with E-state index in [2.05, 4.69) is 0 Å². The zero-order valence-electron chi connectivity index (χ0n) is 11.3. The van der Waals surface area contributed by atoms with Crippen molar-refractivity contribution in [2.24, 2.45) is 0 Å². The maximum Gasteiger partial charge on any atom is 0.324 e. The Morgan fingerprint density at radius 1 is 1.40 bits per heavy atom. The van der Waals surface area contributed by atoms with E-state index in [1.807, 2.05) is 0 Å². The molecule has 0 spiro atoms. The van der Waals surface area contributed by atoms with E-state index < -0.39 is 31.2 Å². The van der Waals surface area contributed by atoms with Crippen molar-refractivity contribution in [3.63, 3.8) is 0 Å². The number of carboxylic acid groups (broad SMARTS) is 1. The van der Waals surface area contributed by atoms with Crippen LogP contribution in [0, 0.1) is 17.0 Å². The van der Waals surface area contributed by atoms with Crippen LogP contribution in [0.5, 0.6) is 0 Å². The van der Waals surface area contributed by atoms with Gasteiger partial charge in [0, 0.05) is 11.6 Å². The van der Waals surface area contributed by atoms with Crippen molar-refractivity contribution in [1.82, 2.24) is 0 Å². The van der Waals surface area contributed by atoms with Crippen molar-refractivity contribution in [3.8, 4) is 0 Å². The number of sulfone groups is 1. The number of nitro groups is 1. The van der Waals surface area contributed by atoms with Gasteiger partial charge in [-0.25, -0.2) is 8.42 Å². The highest BCUT2D eigenvalue weighted by atomic mass is 32.2. The standard InChI is InChI=1S/C12H15NO6S/c1-8-9(5-4-6-10(8)13(16)17)7-20(18,19)12(2,3)11(14)15/h4-6H,7H2,1-3H3,(H,14,15). The Morgan fingerprint density at radius 2 is 1.95 bits per heavy atom. The molecule has 1 N–H and O–H groups in total. The van der Waals surface area contributed by atoms with E-state index in [-0.39, 0.29) is 16.8 Å². The van der Waals surface area contributed by atoms with E-state index in [4.69, 9.17) is 5.11 Å². The SMILES string of the molecule is Cc1c(CS(=O)(=O)C(C)(C)C(=O)O)cccc1[N+](=O)[O-]. The van der Waals surface area contributed by atoms with E-state index in [1.54, 1.807) is 0 Å². The summed E-state index contributed by atoms with van der Waals surface area (Å²) in [6, 6.07) is 4.09. The number of benzene rings is 1. The zero-order chi connectivity index (χ0) is 15.7. The zero-order valence-corrected chi connectivity index (χ0v) is 12.1. The van der Waals surface area contributed by atoms with Crippen LogP contribution in [0.3, 0.4) is 0 Å². The Morgan fingerprint density at radius 3 is 2.40 bits per heavy atom. The van der Waals surface area contributed by atoms with Gasteiger partial charge in [-0.2, -0.15) is 0 Å². The molecule has 0 fully saturated rings. The van der Waals surface area contributed by atoms with Gasteiger partial charge in [-0.15, -0.1) is 0 Å². The molecule has 1 rings (SSSR count). The van der Waals surface area contributed by atoms with Gasteiger partial charge < -0.3 is 5.11 Å². The Hall–Kier alpha value is -1.96. The highest BCUT2D eigenvalue weighted by molar-refractivity contribution is 7.92. The van der Waals surface area contributed by atoms with Gasteiger partial charge >= 0.3 is 5.97 Å². The van der Waals surface area contributed by atoms with Gasteiger partial charge in [-0.05, 0) is 26.3 Å². The molecule has 0 radical (unpaired) electrons. The molecule has 0 bridgehead atoms. The van der Waals surface area contributed by atoms with Crippen molar-refractivity contribution in [2.75, 3.05) is 0 Å². The largest absolute Gasteiger partial charge is 0.480 e. The molecule has 1 aromatic rings. The van der Waals surface area contributed by atoms with Gasteiger partial charge in [0.1, 0.15) is 0 Å². The smallest absolute Gasteiger partial charge is 0.324 e. The molecule has 0 atom stereocenters. The summed E-state index contributed by atoms with van der Waals surface area (Å²) >= 11 is 0. The second-order valence-electron chi connectivity index (χ2n) is 4.89. The molecule has 0 aromatic heterocycles. The first-order valence-corrected chi connectivity index (χ1v) is 7.34. The number of carboxylic acids is 1. The summed E-state index contributed by atoms with van der Waals surface area (Å²) in [6.45, 7) is 3.63. The van der Waals surface area contributed by atoms with E-state index in [0.717, 1.165) is 13.8 Å². The molecule has 0 aliphatic rings. The molecule has 0 saturated carbocycles. The third-order valence-electron chi connectivity index (χ3n) is 3.25. The molecule has 7 nitrogen and oxygen atoms in total. The van der Waals surface area contributed by atoms with Crippen LogP contribution in [0.15, 0.2) is 18.2 Å². The Kier molecular flexibility index (Phi) is 4.18. The van der Waals surface area contributed by atoms with E-state index in [0.29, 0.717) is 0 Å². The summed E-state index contributed by atoms with van der Waals surface area (Å²) in [5.41, 5.74) is 0.265. The molecule has 0 heterocycles. The average molecular weight is 301 g/mol. The summed E-state index contributed by atoms with van der Waals surface area (Å²) in [6.07, 6.45) is 0. The van der Waals surface area contributed by atoms with Crippen LogP contribution < -0.4 is 0 Å². The van der Waals surface area contributed by atoms with Crippen molar-refractivity contribution in [1.29, 1.82) is 0 Å². The Bertz CT molecular complexity index is 663. The third kappa shape index (κ3) is 2.79. The van der Waals surface area contributed by atoms with Gasteiger partial charge in [-0.1, -0.05) is 12.1 Å². The van der Waals surface area contributed by atoms with Crippen LogP contribution >= 0.6 is 0 Å². The van der Waals surface area contributed by atoms with Gasteiger partial charge in [0.2, 0.25) is 0 Å². The van der Waals surface area contributed by atoms with E-state index >= 15 is 0 Å². The number of hydrogen-bond acceptors (Lipinski definition) is 5.